The molecule has 0 amide bonds. The summed E-state index contributed by atoms with van der Waals surface area (Å²) in [6.45, 7) is 5.13. The molecule has 2 bridgehead atoms. The molecule has 0 saturated carbocycles. The molecule has 19 heavy (non-hydrogen) atoms. The molecule has 2 aliphatic heterocycles. The Kier molecular flexibility index (Phi) is 3.48. The monoisotopic (exact) mass is 262 g/mol. The van der Waals surface area contributed by atoms with Crippen molar-refractivity contribution in [3.05, 3.63) is 29.6 Å². The van der Waals surface area contributed by atoms with Crippen molar-refractivity contribution in [2.75, 3.05) is 11.4 Å². The summed E-state index contributed by atoms with van der Waals surface area (Å²) in [6, 6.07) is 7.29. The summed E-state index contributed by atoms with van der Waals surface area (Å²) in [4.78, 5) is 2.35. The second kappa shape index (κ2) is 5.12. The van der Waals surface area contributed by atoms with Crippen molar-refractivity contribution in [1.29, 1.82) is 0 Å². The van der Waals surface area contributed by atoms with Crippen LogP contribution in [0, 0.1) is 12.7 Å². The summed E-state index contributed by atoms with van der Waals surface area (Å²) in [5.41, 5.74) is 1.81. The van der Waals surface area contributed by atoms with Crippen molar-refractivity contribution < 1.29 is 4.39 Å². The molecule has 2 fully saturated rings. The SMILES string of the molecule is CCNC1CC2CCC(C1)N2c1ccc(C)cc1F. The Labute approximate surface area is 115 Å². The quantitative estimate of drug-likeness (QED) is 0.899. The summed E-state index contributed by atoms with van der Waals surface area (Å²) in [7, 11) is 0. The van der Waals surface area contributed by atoms with Crippen LogP contribution in [0.25, 0.3) is 0 Å². The molecule has 2 nitrogen and oxygen atoms in total. The molecule has 2 saturated heterocycles. The van der Waals surface area contributed by atoms with E-state index in [9.17, 15) is 4.39 Å². The number of hydrogen-bond donors (Lipinski definition) is 1. The minimum atomic E-state index is -0.0567. The van der Waals surface area contributed by atoms with Crippen molar-refractivity contribution in [1.82, 2.24) is 5.32 Å². The van der Waals surface area contributed by atoms with Crippen molar-refractivity contribution in [3.8, 4) is 0 Å². The normalized spacial score (nSPS) is 29.8. The van der Waals surface area contributed by atoms with Gasteiger partial charge >= 0.3 is 0 Å². The smallest absolute Gasteiger partial charge is 0.146 e. The van der Waals surface area contributed by atoms with E-state index in [1.807, 2.05) is 19.1 Å². The van der Waals surface area contributed by atoms with Crippen LogP contribution in [0.1, 0.15) is 38.2 Å². The van der Waals surface area contributed by atoms with Crippen molar-refractivity contribution in [2.24, 2.45) is 0 Å². The van der Waals surface area contributed by atoms with Gasteiger partial charge in [0.05, 0.1) is 5.69 Å². The highest BCUT2D eigenvalue weighted by Gasteiger charge is 2.41. The molecule has 0 radical (unpaired) electrons. The van der Waals surface area contributed by atoms with Gasteiger partial charge in [-0.1, -0.05) is 13.0 Å². The summed E-state index contributed by atoms with van der Waals surface area (Å²) >= 11 is 0. The van der Waals surface area contributed by atoms with Crippen molar-refractivity contribution in [2.45, 2.75) is 57.7 Å². The second-order valence-electron chi connectivity index (χ2n) is 5.97. The maximum Gasteiger partial charge on any atom is 0.146 e. The Morgan fingerprint density at radius 3 is 2.53 bits per heavy atom. The average Bonchev–Trinajstić information content (AvgIpc) is 2.63. The number of nitrogens with zero attached hydrogens (tertiary/aromatic N) is 1. The van der Waals surface area contributed by atoms with Crippen LogP contribution in [0.5, 0.6) is 0 Å². The van der Waals surface area contributed by atoms with Gasteiger partial charge < -0.3 is 10.2 Å². The molecule has 104 valence electrons. The number of fused-ring (bicyclic) bond motifs is 2. The molecule has 3 rings (SSSR count). The van der Waals surface area contributed by atoms with Crippen LogP contribution < -0.4 is 10.2 Å². The molecule has 1 aromatic rings. The van der Waals surface area contributed by atoms with Gasteiger partial charge in [0.2, 0.25) is 0 Å². The van der Waals surface area contributed by atoms with Gasteiger partial charge in [-0.3, -0.25) is 0 Å². The van der Waals surface area contributed by atoms with E-state index < -0.39 is 0 Å². The van der Waals surface area contributed by atoms with E-state index in [2.05, 4.69) is 17.1 Å². The molecule has 1 N–H and O–H groups in total. The standard InChI is InChI=1S/C16H23FN2/c1-3-18-12-9-13-5-6-14(10-12)19(13)16-7-4-11(2)8-15(16)17/h4,7-8,12-14,18H,3,5-6,9-10H2,1-2H3. The minimum Gasteiger partial charge on any atom is -0.363 e. The number of piperidine rings is 1. The zero-order valence-electron chi connectivity index (χ0n) is 11.8. The Balaban J connectivity index is 1.83. The lowest BCUT2D eigenvalue weighted by molar-refractivity contribution is 0.359. The lowest BCUT2D eigenvalue weighted by atomic mass is 9.96. The Morgan fingerprint density at radius 1 is 1.26 bits per heavy atom. The maximum absolute atomic E-state index is 14.2. The number of nitrogens with one attached hydrogen (secondary N) is 1. The Hall–Kier alpha value is -1.09. The van der Waals surface area contributed by atoms with E-state index in [0.29, 0.717) is 18.1 Å². The molecule has 0 spiro atoms. The molecule has 0 aliphatic carbocycles. The number of rotatable bonds is 3. The predicted octanol–water partition coefficient (Wildman–Crippen LogP) is 3.24. The van der Waals surface area contributed by atoms with E-state index >= 15 is 0 Å². The van der Waals surface area contributed by atoms with Crippen molar-refractivity contribution in [3.63, 3.8) is 0 Å². The van der Waals surface area contributed by atoms with E-state index in [1.54, 1.807) is 6.07 Å². The first-order chi connectivity index (χ1) is 9.19. The highest BCUT2D eigenvalue weighted by molar-refractivity contribution is 5.52. The molecule has 0 aromatic heterocycles. The third-order valence-electron chi connectivity index (χ3n) is 4.61. The third kappa shape index (κ3) is 2.36. The van der Waals surface area contributed by atoms with Crippen LogP contribution in [0.4, 0.5) is 10.1 Å². The van der Waals surface area contributed by atoms with Gasteiger partial charge in [0, 0.05) is 18.1 Å². The topological polar surface area (TPSA) is 15.3 Å². The fraction of sp³-hybridized carbons (Fsp3) is 0.625. The predicted molar refractivity (Wildman–Crippen MR) is 77.1 cm³/mol. The zero-order valence-corrected chi connectivity index (χ0v) is 11.8. The molecule has 2 aliphatic rings. The number of benzene rings is 1. The lowest BCUT2D eigenvalue weighted by Crippen LogP contribution is -2.49. The number of halogens is 1. The van der Waals surface area contributed by atoms with E-state index in [4.69, 9.17) is 0 Å². The fourth-order valence-electron chi connectivity index (χ4n) is 3.85. The maximum atomic E-state index is 14.2. The first kappa shape index (κ1) is 12.9. The molecular weight excluding hydrogens is 239 g/mol. The number of anilines is 1. The lowest BCUT2D eigenvalue weighted by Gasteiger charge is -2.41. The first-order valence-electron chi connectivity index (χ1n) is 7.47. The van der Waals surface area contributed by atoms with Crippen LogP contribution in [-0.2, 0) is 0 Å². The summed E-state index contributed by atoms with van der Waals surface area (Å²) in [5.74, 6) is -0.0567. The van der Waals surface area contributed by atoms with Crippen LogP contribution >= 0.6 is 0 Å². The van der Waals surface area contributed by atoms with Gasteiger partial charge in [0.1, 0.15) is 5.82 Å². The van der Waals surface area contributed by atoms with Crippen molar-refractivity contribution >= 4 is 5.69 Å². The van der Waals surface area contributed by atoms with E-state index in [-0.39, 0.29) is 5.82 Å². The number of aryl methyl sites for hydroxylation is 1. The molecular formula is C16H23FN2. The van der Waals surface area contributed by atoms with Crippen LogP contribution in [0.15, 0.2) is 18.2 Å². The first-order valence-corrected chi connectivity index (χ1v) is 7.47. The molecule has 2 unspecified atom stereocenters. The Bertz CT molecular complexity index is 446. The van der Waals surface area contributed by atoms with Gasteiger partial charge in [-0.15, -0.1) is 0 Å². The van der Waals surface area contributed by atoms with E-state index in [1.165, 1.54) is 12.8 Å². The minimum absolute atomic E-state index is 0.0567. The summed E-state index contributed by atoms with van der Waals surface area (Å²) in [5, 5.41) is 3.56. The van der Waals surface area contributed by atoms with Gasteiger partial charge in [0.15, 0.2) is 0 Å². The van der Waals surface area contributed by atoms with Gasteiger partial charge in [-0.2, -0.15) is 0 Å². The summed E-state index contributed by atoms with van der Waals surface area (Å²) in [6.07, 6.45) is 4.72. The molecule has 3 heteroatoms. The van der Waals surface area contributed by atoms with Gasteiger partial charge in [-0.05, 0) is 56.8 Å². The zero-order chi connectivity index (χ0) is 13.4. The van der Waals surface area contributed by atoms with E-state index in [0.717, 1.165) is 30.6 Å². The molecule has 2 atom stereocenters. The number of hydrogen-bond acceptors (Lipinski definition) is 2. The fourth-order valence-corrected chi connectivity index (χ4v) is 3.85. The largest absolute Gasteiger partial charge is 0.363 e. The summed E-state index contributed by atoms with van der Waals surface area (Å²) < 4.78 is 14.2. The Morgan fingerprint density at radius 2 is 1.95 bits per heavy atom. The highest BCUT2D eigenvalue weighted by atomic mass is 19.1. The third-order valence-corrected chi connectivity index (χ3v) is 4.61. The van der Waals surface area contributed by atoms with Crippen LogP contribution in [0.2, 0.25) is 0 Å². The van der Waals surface area contributed by atoms with Crippen LogP contribution in [0.3, 0.4) is 0 Å². The highest BCUT2D eigenvalue weighted by Crippen LogP contribution is 2.40. The van der Waals surface area contributed by atoms with Crippen LogP contribution in [-0.4, -0.2) is 24.7 Å². The van der Waals surface area contributed by atoms with Gasteiger partial charge in [0.25, 0.3) is 0 Å². The molecule has 1 aromatic carbocycles. The average molecular weight is 262 g/mol. The van der Waals surface area contributed by atoms with Gasteiger partial charge in [-0.25, -0.2) is 4.39 Å². The molecule has 2 heterocycles. The second-order valence-corrected chi connectivity index (χ2v) is 5.97.